The first-order valence-corrected chi connectivity index (χ1v) is 6.39. The topological polar surface area (TPSA) is 17.0 Å². The van der Waals surface area contributed by atoms with E-state index in [1.165, 1.54) is 11.1 Å². The highest BCUT2D eigenvalue weighted by atomic mass is 79.9. The summed E-state index contributed by atoms with van der Waals surface area (Å²) < 4.78 is 3.32. The number of rotatable bonds is 3. The van der Waals surface area contributed by atoms with E-state index in [0.717, 1.165) is 28.0 Å². The van der Waals surface area contributed by atoms with Crippen LogP contribution in [0, 0.1) is 0 Å². The average molecular weight is 302 g/mol. The second kappa shape index (κ2) is 4.78. The smallest absolute Gasteiger partial charge is 0.0681 e. The maximum atomic E-state index is 6.22. The molecular weight excluding hydrogens is 288 g/mol. The van der Waals surface area contributed by atoms with Gasteiger partial charge in [0.05, 0.1) is 10.5 Å². The molecule has 0 aliphatic heterocycles. The molecule has 2 aromatic rings. The van der Waals surface area contributed by atoms with Gasteiger partial charge < -0.3 is 9.88 Å². The normalized spacial score (nSPS) is 11.2. The first kappa shape index (κ1) is 12.0. The maximum absolute atomic E-state index is 6.22. The summed E-state index contributed by atoms with van der Waals surface area (Å²) in [7, 11) is 4.02. The molecule has 1 aromatic carbocycles. The van der Waals surface area contributed by atoms with Gasteiger partial charge in [0.15, 0.2) is 0 Å². The Kier molecular flexibility index (Phi) is 3.57. The van der Waals surface area contributed by atoms with Crippen LogP contribution in [0.25, 0.3) is 10.9 Å². The van der Waals surface area contributed by atoms with Crippen molar-refractivity contribution in [3.63, 3.8) is 0 Å². The summed E-state index contributed by atoms with van der Waals surface area (Å²) in [4.78, 5) is 0. The number of hydrogen-bond donors (Lipinski definition) is 1. The first-order chi connectivity index (χ1) is 7.66. The van der Waals surface area contributed by atoms with Crippen molar-refractivity contribution in [3.05, 3.63) is 33.4 Å². The van der Waals surface area contributed by atoms with E-state index in [9.17, 15) is 0 Å². The van der Waals surface area contributed by atoms with Crippen molar-refractivity contribution in [3.8, 4) is 0 Å². The van der Waals surface area contributed by atoms with E-state index < -0.39 is 0 Å². The van der Waals surface area contributed by atoms with E-state index in [4.69, 9.17) is 11.6 Å². The molecule has 0 unspecified atom stereocenters. The highest BCUT2D eigenvalue weighted by molar-refractivity contribution is 9.10. The van der Waals surface area contributed by atoms with Gasteiger partial charge in [0.2, 0.25) is 0 Å². The summed E-state index contributed by atoms with van der Waals surface area (Å²) in [6.45, 7) is 0.959. The van der Waals surface area contributed by atoms with Gasteiger partial charge in [-0.2, -0.15) is 0 Å². The Hall–Kier alpha value is -0.510. The number of aryl methyl sites for hydroxylation is 1. The van der Waals surface area contributed by atoms with E-state index >= 15 is 0 Å². The molecule has 2 rings (SSSR count). The Balaban J connectivity index is 2.62. The first-order valence-electron chi connectivity index (χ1n) is 5.22. The molecule has 0 saturated carbocycles. The van der Waals surface area contributed by atoms with Crippen LogP contribution in [0.15, 0.2) is 22.7 Å². The third-order valence-corrected chi connectivity index (χ3v) is 4.02. The Morgan fingerprint density at radius 3 is 2.81 bits per heavy atom. The zero-order chi connectivity index (χ0) is 11.7. The standard InChI is InChI=1S/C12H14BrClN2/c1-15-7-6-10-11(13)8-4-3-5-9(14)12(8)16(10)2/h3-5,15H,6-7H2,1-2H3. The fraction of sp³-hybridized carbons (Fsp3) is 0.333. The highest BCUT2D eigenvalue weighted by Crippen LogP contribution is 2.34. The predicted octanol–water partition coefficient (Wildman–Crippen LogP) is 3.36. The second-order valence-corrected chi connectivity index (χ2v) is 5.01. The molecule has 4 heteroatoms. The summed E-state index contributed by atoms with van der Waals surface area (Å²) in [6, 6.07) is 6.00. The van der Waals surface area contributed by atoms with Crippen LogP contribution in [0.1, 0.15) is 5.69 Å². The van der Waals surface area contributed by atoms with Crippen LogP contribution in [0.5, 0.6) is 0 Å². The van der Waals surface area contributed by atoms with Crippen LogP contribution in [-0.4, -0.2) is 18.2 Å². The lowest BCUT2D eigenvalue weighted by Gasteiger charge is -2.05. The van der Waals surface area contributed by atoms with E-state index in [0.29, 0.717) is 0 Å². The van der Waals surface area contributed by atoms with Crippen LogP contribution >= 0.6 is 27.5 Å². The average Bonchev–Trinajstić information content (AvgIpc) is 2.51. The van der Waals surface area contributed by atoms with E-state index in [1.54, 1.807) is 0 Å². The lowest BCUT2D eigenvalue weighted by atomic mass is 10.2. The number of hydrogen-bond acceptors (Lipinski definition) is 1. The third kappa shape index (κ3) is 1.88. The summed E-state index contributed by atoms with van der Waals surface area (Å²) >= 11 is 9.88. The Bertz CT molecular complexity index is 519. The van der Waals surface area contributed by atoms with E-state index in [1.807, 2.05) is 19.2 Å². The molecule has 0 radical (unpaired) electrons. The zero-order valence-electron chi connectivity index (χ0n) is 9.35. The molecule has 16 heavy (non-hydrogen) atoms. The molecule has 0 aliphatic rings. The van der Waals surface area contributed by atoms with Crippen molar-refractivity contribution in [2.24, 2.45) is 7.05 Å². The van der Waals surface area contributed by atoms with Crippen molar-refractivity contribution in [2.75, 3.05) is 13.6 Å². The molecule has 1 N–H and O–H groups in total. The van der Waals surface area contributed by atoms with Crippen molar-refractivity contribution < 1.29 is 0 Å². The molecular formula is C12H14BrClN2. The van der Waals surface area contributed by atoms with Gasteiger partial charge in [-0.3, -0.25) is 0 Å². The van der Waals surface area contributed by atoms with Gasteiger partial charge >= 0.3 is 0 Å². The van der Waals surface area contributed by atoms with Gasteiger partial charge in [0, 0.05) is 35.6 Å². The van der Waals surface area contributed by atoms with Crippen molar-refractivity contribution >= 4 is 38.4 Å². The Labute approximate surface area is 109 Å². The fourth-order valence-corrected chi connectivity index (χ4v) is 3.08. The number of halogens is 2. The minimum Gasteiger partial charge on any atom is -0.345 e. The van der Waals surface area contributed by atoms with Gasteiger partial charge in [-0.25, -0.2) is 0 Å². The maximum Gasteiger partial charge on any atom is 0.0681 e. The number of nitrogens with zero attached hydrogens (tertiary/aromatic N) is 1. The van der Waals surface area contributed by atoms with Gasteiger partial charge in [-0.05, 0) is 29.0 Å². The molecule has 0 saturated heterocycles. The van der Waals surface area contributed by atoms with Crippen LogP contribution in [0.2, 0.25) is 5.02 Å². The number of benzene rings is 1. The van der Waals surface area contributed by atoms with Crippen LogP contribution in [-0.2, 0) is 13.5 Å². The number of para-hydroxylation sites is 1. The molecule has 0 bridgehead atoms. The van der Waals surface area contributed by atoms with Crippen molar-refractivity contribution in [1.82, 2.24) is 9.88 Å². The molecule has 0 spiro atoms. The summed E-state index contributed by atoms with van der Waals surface area (Å²) in [5.41, 5.74) is 2.37. The SMILES string of the molecule is CNCCc1c(Br)c2cccc(Cl)c2n1C. The monoisotopic (exact) mass is 300 g/mol. The second-order valence-electron chi connectivity index (χ2n) is 3.81. The molecule has 1 aromatic heterocycles. The molecule has 0 amide bonds. The minimum absolute atomic E-state index is 0.802. The zero-order valence-corrected chi connectivity index (χ0v) is 11.7. The van der Waals surface area contributed by atoms with Crippen molar-refractivity contribution in [1.29, 1.82) is 0 Å². The van der Waals surface area contributed by atoms with Crippen molar-refractivity contribution in [2.45, 2.75) is 6.42 Å². The molecule has 0 aliphatic carbocycles. The third-order valence-electron chi connectivity index (χ3n) is 2.83. The molecule has 0 atom stereocenters. The Morgan fingerprint density at radius 2 is 2.19 bits per heavy atom. The van der Waals surface area contributed by atoms with E-state index in [2.05, 4.69) is 38.9 Å². The Morgan fingerprint density at radius 1 is 1.44 bits per heavy atom. The lowest BCUT2D eigenvalue weighted by molar-refractivity contribution is 0.743. The van der Waals surface area contributed by atoms with Gasteiger partial charge in [-0.1, -0.05) is 23.7 Å². The number of fused-ring (bicyclic) bond motifs is 1. The number of nitrogens with one attached hydrogen (secondary N) is 1. The lowest BCUT2D eigenvalue weighted by Crippen LogP contribution is -2.12. The largest absolute Gasteiger partial charge is 0.345 e. The van der Waals surface area contributed by atoms with Gasteiger partial charge in [0.25, 0.3) is 0 Å². The molecule has 2 nitrogen and oxygen atoms in total. The molecule has 0 fully saturated rings. The number of likely N-dealkylation sites (N-methyl/N-ethyl adjacent to an activating group) is 1. The van der Waals surface area contributed by atoms with E-state index in [-0.39, 0.29) is 0 Å². The molecule has 86 valence electrons. The quantitative estimate of drug-likeness (QED) is 0.920. The minimum atomic E-state index is 0.802. The van der Waals surface area contributed by atoms with Crippen LogP contribution in [0.4, 0.5) is 0 Å². The van der Waals surface area contributed by atoms with Gasteiger partial charge in [0.1, 0.15) is 0 Å². The van der Waals surface area contributed by atoms with Crippen LogP contribution in [0.3, 0.4) is 0 Å². The summed E-state index contributed by atoms with van der Waals surface area (Å²) in [6.07, 6.45) is 0.985. The predicted molar refractivity (Wildman–Crippen MR) is 73.3 cm³/mol. The number of aromatic nitrogens is 1. The van der Waals surface area contributed by atoms with Gasteiger partial charge in [-0.15, -0.1) is 0 Å². The summed E-state index contributed by atoms with van der Waals surface area (Å²) in [5.74, 6) is 0. The summed E-state index contributed by atoms with van der Waals surface area (Å²) in [5, 5.41) is 5.15. The highest BCUT2D eigenvalue weighted by Gasteiger charge is 2.14. The molecule has 1 heterocycles. The van der Waals surface area contributed by atoms with Crippen LogP contribution < -0.4 is 5.32 Å². The fourth-order valence-electron chi connectivity index (χ4n) is 1.99.